The maximum atomic E-state index is 6.01. The normalized spacial score (nSPS) is 11.6. The molecule has 0 fully saturated rings. The van der Waals surface area contributed by atoms with Crippen LogP contribution in [0.4, 0.5) is 0 Å². The van der Waals surface area contributed by atoms with E-state index in [1.54, 1.807) is 0 Å². The van der Waals surface area contributed by atoms with Gasteiger partial charge in [-0.3, -0.25) is 0 Å². The summed E-state index contributed by atoms with van der Waals surface area (Å²) in [6.07, 6.45) is 3.73. The molecule has 0 bridgehead atoms. The van der Waals surface area contributed by atoms with E-state index in [1.807, 2.05) is 0 Å². The number of nitrogens with zero attached hydrogens (tertiary/aromatic N) is 2. The average molecular weight is 344 g/mol. The summed E-state index contributed by atoms with van der Waals surface area (Å²) in [5.74, 6) is 2.22. The van der Waals surface area contributed by atoms with Gasteiger partial charge >= 0.3 is 0 Å². The van der Waals surface area contributed by atoms with Crippen molar-refractivity contribution in [1.82, 2.24) is 9.55 Å². The zero-order valence-corrected chi connectivity index (χ0v) is 13.8. The molecular formula is C15H20BrClN2. The smallest absolute Gasteiger partial charge is 0.124 e. The van der Waals surface area contributed by atoms with E-state index in [0.717, 1.165) is 28.3 Å². The van der Waals surface area contributed by atoms with E-state index in [1.165, 1.54) is 24.8 Å². The number of halogens is 2. The maximum absolute atomic E-state index is 6.01. The zero-order chi connectivity index (χ0) is 13.8. The molecule has 0 atom stereocenters. The van der Waals surface area contributed by atoms with Gasteiger partial charge in [-0.2, -0.15) is 0 Å². The van der Waals surface area contributed by atoms with Gasteiger partial charge < -0.3 is 4.57 Å². The number of hydrogen-bond acceptors (Lipinski definition) is 1. The molecule has 0 spiro atoms. The zero-order valence-electron chi connectivity index (χ0n) is 11.5. The number of aryl methyl sites for hydroxylation is 1. The molecule has 0 amide bonds. The lowest BCUT2D eigenvalue weighted by Gasteiger charge is -2.08. The Kier molecular flexibility index (Phi) is 5.28. The fourth-order valence-electron chi connectivity index (χ4n) is 2.33. The number of benzene rings is 1. The summed E-state index contributed by atoms with van der Waals surface area (Å²) >= 11 is 9.50. The maximum Gasteiger partial charge on any atom is 0.124 e. The van der Waals surface area contributed by atoms with Crippen LogP contribution in [0.25, 0.3) is 11.0 Å². The van der Waals surface area contributed by atoms with Gasteiger partial charge in [-0.05, 0) is 30.5 Å². The van der Waals surface area contributed by atoms with Crippen LogP contribution in [-0.4, -0.2) is 9.55 Å². The summed E-state index contributed by atoms with van der Waals surface area (Å²) in [7, 11) is 0. The van der Waals surface area contributed by atoms with Gasteiger partial charge in [-0.25, -0.2) is 4.98 Å². The van der Waals surface area contributed by atoms with Crippen LogP contribution in [0.15, 0.2) is 22.7 Å². The number of alkyl halides is 1. The molecule has 1 aromatic carbocycles. The topological polar surface area (TPSA) is 17.8 Å². The molecule has 0 saturated carbocycles. The highest BCUT2D eigenvalue weighted by Crippen LogP contribution is 2.22. The third-order valence-electron chi connectivity index (χ3n) is 3.32. The molecule has 2 nitrogen and oxygen atoms in total. The lowest BCUT2D eigenvalue weighted by Crippen LogP contribution is -2.03. The monoisotopic (exact) mass is 342 g/mol. The van der Waals surface area contributed by atoms with Crippen LogP contribution in [0.5, 0.6) is 0 Å². The lowest BCUT2D eigenvalue weighted by atomic mass is 10.1. The van der Waals surface area contributed by atoms with Crippen molar-refractivity contribution < 1.29 is 0 Å². The lowest BCUT2D eigenvalue weighted by molar-refractivity contribution is 0.509. The molecule has 2 rings (SSSR count). The quantitative estimate of drug-likeness (QED) is 0.509. The molecule has 0 radical (unpaired) electrons. The molecule has 0 unspecified atom stereocenters. The highest BCUT2D eigenvalue weighted by atomic mass is 79.9. The van der Waals surface area contributed by atoms with Crippen LogP contribution in [-0.2, 0) is 12.4 Å². The van der Waals surface area contributed by atoms with Crippen molar-refractivity contribution in [2.24, 2.45) is 5.92 Å². The van der Waals surface area contributed by atoms with Crippen LogP contribution < -0.4 is 0 Å². The van der Waals surface area contributed by atoms with E-state index in [-0.39, 0.29) is 0 Å². The first-order valence-electron chi connectivity index (χ1n) is 6.82. The Morgan fingerprint density at radius 1 is 1.32 bits per heavy atom. The van der Waals surface area contributed by atoms with Gasteiger partial charge in [0, 0.05) is 11.0 Å². The molecular weight excluding hydrogens is 324 g/mol. The predicted octanol–water partition coefficient (Wildman–Crippen LogP) is 5.36. The fourth-order valence-corrected chi connectivity index (χ4v) is 2.88. The molecule has 1 heterocycles. The summed E-state index contributed by atoms with van der Waals surface area (Å²) in [5, 5.41) is 0. The molecule has 1 aromatic heterocycles. The van der Waals surface area contributed by atoms with Crippen molar-refractivity contribution in [3.63, 3.8) is 0 Å². The summed E-state index contributed by atoms with van der Waals surface area (Å²) in [5.41, 5.74) is 2.21. The van der Waals surface area contributed by atoms with Crippen molar-refractivity contribution in [3.8, 4) is 0 Å². The number of unbranched alkanes of at least 4 members (excludes halogenated alkanes) is 1. The Balaban J connectivity index is 2.16. The van der Waals surface area contributed by atoms with Gasteiger partial charge in [0.25, 0.3) is 0 Å². The number of imidazole rings is 1. The van der Waals surface area contributed by atoms with Crippen LogP contribution >= 0.6 is 27.5 Å². The molecule has 19 heavy (non-hydrogen) atoms. The Bertz CT molecular complexity index is 548. The van der Waals surface area contributed by atoms with E-state index >= 15 is 0 Å². The number of aromatic nitrogens is 2. The summed E-state index contributed by atoms with van der Waals surface area (Å²) in [6.45, 7) is 5.55. The van der Waals surface area contributed by atoms with E-state index < -0.39 is 0 Å². The van der Waals surface area contributed by atoms with Crippen LogP contribution in [0.3, 0.4) is 0 Å². The molecule has 0 aliphatic carbocycles. The first-order chi connectivity index (χ1) is 9.11. The van der Waals surface area contributed by atoms with Crippen molar-refractivity contribution in [3.05, 3.63) is 28.5 Å². The average Bonchev–Trinajstić information content (AvgIpc) is 2.71. The van der Waals surface area contributed by atoms with Crippen molar-refractivity contribution >= 4 is 38.6 Å². The highest BCUT2D eigenvalue weighted by Gasteiger charge is 2.09. The molecule has 0 N–H and O–H groups in total. The van der Waals surface area contributed by atoms with E-state index in [9.17, 15) is 0 Å². The third-order valence-corrected chi connectivity index (χ3v) is 4.05. The Hall–Kier alpha value is -0.540. The Morgan fingerprint density at radius 2 is 2.11 bits per heavy atom. The Labute approximate surface area is 128 Å². The van der Waals surface area contributed by atoms with Crippen LogP contribution in [0.1, 0.15) is 38.9 Å². The number of rotatable bonds is 6. The molecule has 4 heteroatoms. The van der Waals surface area contributed by atoms with E-state index in [0.29, 0.717) is 5.88 Å². The van der Waals surface area contributed by atoms with Gasteiger partial charge in [-0.15, -0.1) is 11.6 Å². The van der Waals surface area contributed by atoms with E-state index in [4.69, 9.17) is 11.6 Å². The Morgan fingerprint density at radius 3 is 2.79 bits per heavy atom. The fraction of sp³-hybridized carbons (Fsp3) is 0.533. The summed E-state index contributed by atoms with van der Waals surface area (Å²) in [6, 6.07) is 6.23. The molecule has 0 aliphatic heterocycles. The van der Waals surface area contributed by atoms with Crippen molar-refractivity contribution in [1.29, 1.82) is 0 Å². The van der Waals surface area contributed by atoms with Crippen molar-refractivity contribution in [2.75, 3.05) is 0 Å². The van der Waals surface area contributed by atoms with E-state index in [2.05, 4.69) is 57.5 Å². The number of fused-ring (bicyclic) bond motifs is 1. The van der Waals surface area contributed by atoms with Gasteiger partial charge in [0.05, 0.1) is 16.9 Å². The van der Waals surface area contributed by atoms with Crippen LogP contribution in [0, 0.1) is 5.92 Å². The number of hydrogen-bond donors (Lipinski definition) is 0. The molecule has 0 saturated heterocycles. The molecule has 104 valence electrons. The van der Waals surface area contributed by atoms with Gasteiger partial charge in [0.1, 0.15) is 5.82 Å². The second-order valence-electron chi connectivity index (χ2n) is 5.34. The van der Waals surface area contributed by atoms with Crippen LogP contribution in [0.2, 0.25) is 0 Å². The highest BCUT2D eigenvalue weighted by molar-refractivity contribution is 9.10. The minimum Gasteiger partial charge on any atom is -0.327 e. The molecule has 2 aromatic rings. The molecule has 0 aliphatic rings. The first kappa shape index (κ1) is 14.9. The standard InChI is InChI=1S/C15H20BrClN2/c1-11(2)5-3-4-8-19-14-7-6-12(16)9-13(14)18-15(19)10-17/h6-7,9,11H,3-5,8,10H2,1-2H3. The minimum absolute atomic E-state index is 0.469. The minimum atomic E-state index is 0.469. The second-order valence-corrected chi connectivity index (χ2v) is 6.52. The predicted molar refractivity (Wildman–Crippen MR) is 85.7 cm³/mol. The second kappa shape index (κ2) is 6.76. The summed E-state index contributed by atoms with van der Waals surface area (Å²) < 4.78 is 3.32. The summed E-state index contributed by atoms with van der Waals surface area (Å²) in [4.78, 5) is 4.61. The van der Waals surface area contributed by atoms with Gasteiger partial charge in [0.15, 0.2) is 0 Å². The van der Waals surface area contributed by atoms with Gasteiger partial charge in [0.2, 0.25) is 0 Å². The third kappa shape index (κ3) is 3.73. The first-order valence-corrected chi connectivity index (χ1v) is 8.15. The van der Waals surface area contributed by atoms with Gasteiger partial charge in [-0.1, -0.05) is 42.6 Å². The SMILES string of the molecule is CC(C)CCCCn1c(CCl)nc2cc(Br)ccc21. The largest absolute Gasteiger partial charge is 0.327 e. The van der Waals surface area contributed by atoms with Crippen molar-refractivity contribution in [2.45, 2.75) is 45.5 Å².